The van der Waals surface area contributed by atoms with Gasteiger partial charge in [0.1, 0.15) is 0 Å². The van der Waals surface area contributed by atoms with Gasteiger partial charge in [-0.25, -0.2) is 0 Å². The molecule has 0 aliphatic rings. The fraction of sp³-hybridized carbons (Fsp3) is 0.0526. The van der Waals surface area contributed by atoms with Gasteiger partial charge in [-0.2, -0.15) is 0 Å². The predicted molar refractivity (Wildman–Crippen MR) is 168 cm³/mol. The van der Waals surface area contributed by atoms with E-state index in [0.717, 1.165) is 22.4 Å². The summed E-state index contributed by atoms with van der Waals surface area (Å²) >= 11 is 0. The highest BCUT2D eigenvalue weighted by atomic mass is 14.7. The Morgan fingerprint density at radius 1 is 0.400 bits per heavy atom. The molecule has 0 spiro atoms. The van der Waals surface area contributed by atoms with Crippen LogP contribution in [-0.4, -0.2) is 9.97 Å². The molecule has 0 bridgehead atoms. The van der Waals surface area contributed by atoms with Crippen LogP contribution in [0.3, 0.4) is 0 Å². The van der Waals surface area contributed by atoms with Gasteiger partial charge in [0, 0.05) is 29.7 Å². The Labute approximate surface area is 234 Å². The minimum Gasteiger partial charge on any atom is -0.264 e. The number of aromatic nitrogens is 2. The lowest BCUT2D eigenvalue weighted by molar-refractivity contribution is 1.27. The number of nitrogens with zero attached hydrogens (tertiary/aromatic N) is 2. The van der Waals surface area contributed by atoms with Crippen molar-refractivity contribution in [2.45, 2.75) is 13.8 Å². The molecule has 7 aromatic rings. The molecule has 0 fully saturated rings. The first-order chi connectivity index (χ1) is 19.7. The summed E-state index contributed by atoms with van der Waals surface area (Å²) in [6.07, 6.45) is 5.75. The molecule has 0 saturated carbocycles. The van der Waals surface area contributed by atoms with Crippen LogP contribution in [0, 0.1) is 13.8 Å². The van der Waals surface area contributed by atoms with Gasteiger partial charge >= 0.3 is 0 Å². The van der Waals surface area contributed by atoms with Crippen molar-refractivity contribution >= 4 is 21.5 Å². The number of benzene rings is 5. The van der Waals surface area contributed by atoms with Crippen molar-refractivity contribution in [1.82, 2.24) is 9.97 Å². The zero-order valence-corrected chi connectivity index (χ0v) is 22.6. The van der Waals surface area contributed by atoms with Crippen molar-refractivity contribution in [2.24, 2.45) is 0 Å². The minimum atomic E-state index is 0.993. The summed E-state index contributed by atoms with van der Waals surface area (Å²) in [6, 6.07) is 41.7. The first kappa shape index (κ1) is 24.0. The molecule has 0 amide bonds. The quantitative estimate of drug-likeness (QED) is 0.219. The van der Waals surface area contributed by atoms with E-state index in [0.29, 0.717) is 0 Å². The molecule has 0 unspecified atom stereocenters. The van der Waals surface area contributed by atoms with Crippen LogP contribution in [0.4, 0.5) is 0 Å². The summed E-state index contributed by atoms with van der Waals surface area (Å²) in [5.74, 6) is 0. The second-order valence-corrected chi connectivity index (χ2v) is 10.5. The topological polar surface area (TPSA) is 25.8 Å². The Bertz CT molecular complexity index is 1930. The van der Waals surface area contributed by atoms with Gasteiger partial charge < -0.3 is 0 Å². The van der Waals surface area contributed by atoms with Gasteiger partial charge in [0.2, 0.25) is 0 Å². The summed E-state index contributed by atoms with van der Waals surface area (Å²) in [4.78, 5) is 9.01. The summed E-state index contributed by atoms with van der Waals surface area (Å²) in [7, 11) is 0. The van der Waals surface area contributed by atoms with Gasteiger partial charge in [-0.05, 0) is 86.5 Å². The van der Waals surface area contributed by atoms with Crippen LogP contribution in [0.15, 0.2) is 134 Å². The Morgan fingerprint density at radius 2 is 0.900 bits per heavy atom. The van der Waals surface area contributed by atoms with E-state index in [9.17, 15) is 0 Å². The molecule has 5 aromatic carbocycles. The third kappa shape index (κ3) is 4.24. The van der Waals surface area contributed by atoms with E-state index in [-0.39, 0.29) is 0 Å². The van der Waals surface area contributed by atoms with E-state index in [1.807, 2.05) is 18.6 Å². The molecule has 2 heterocycles. The van der Waals surface area contributed by atoms with E-state index in [4.69, 9.17) is 0 Å². The number of aryl methyl sites for hydroxylation is 2. The highest BCUT2D eigenvalue weighted by Crippen LogP contribution is 2.44. The third-order valence-electron chi connectivity index (χ3n) is 7.69. The molecule has 0 N–H and O–H groups in total. The van der Waals surface area contributed by atoms with E-state index >= 15 is 0 Å². The molecule has 2 nitrogen and oxygen atoms in total. The van der Waals surface area contributed by atoms with E-state index in [1.54, 1.807) is 0 Å². The van der Waals surface area contributed by atoms with E-state index < -0.39 is 0 Å². The molecule has 0 atom stereocenters. The first-order valence-electron chi connectivity index (χ1n) is 13.6. The molecule has 7 rings (SSSR count). The van der Waals surface area contributed by atoms with Crippen molar-refractivity contribution in [2.75, 3.05) is 0 Å². The molecule has 0 radical (unpaired) electrons. The van der Waals surface area contributed by atoms with Crippen LogP contribution >= 0.6 is 0 Å². The zero-order valence-electron chi connectivity index (χ0n) is 22.6. The number of fused-ring (bicyclic) bond motifs is 2. The standard InChI is InChI=1S/C38H28N2/c1-25-11-20-36(40-23-25)28-14-18-30(19-15-28)38-34-9-5-3-7-32(34)37(33-8-4-6-10-35(33)38)29-16-12-27(13-17-29)31-21-26(2)22-39-24-31/h3-24H,1-2H3. The van der Waals surface area contributed by atoms with Crippen molar-refractivity contribution in [3.63, 3.8) is 0 Å². The monoisotopic (exact) mass is 512 g/mol. The first-order valence-corrected chi connectivity index (χ1v) is 13.6. The Morgan fingerprint density at radius 3 is 1.38 bits per heavy atom. The Kier molecular flexibility index (Phi) is 5.94. The number of pyridine rings is 2. The van der Waals surface area contributed by atoms with Crippen molar-refractivity contribution in [3.8, 4) is 44.6 Å². The fourth-order valence-electron chi connectivity index (χ4n) is 5.74. The summed E-state index contributed by atoms with van der Waals surface area (Å²) < 4.78 is 0. The Hall–Kier alpha value is -5.08. The molecule has 0 aliphatic heterocycles. The van der Waals surface area contributed by atoms with Gasteiger partial charge in [0.15, 0.2) is 0 Å². The summed E-state index contributed by atoms with van der Waals surface area (Å²) in [5, 5.41) is 5.02. The van der Waals surface area contributed by atoms with Gasteiger partial charge in [0.25, 0.3) is 0 Å². The normalized spacial score (nSPS) is 11.2. The highest BCUT2D eigenvalue weighted by Gasteiger charge is 2.16. The molecule has 2 aromatic heterocycles. The average Bonchev–Trinajstić information content (AvgIpc) is 3.00. The largest absolute Gasteiger partial charge is 0.264 e. The summed E-state index contributed by atoms with van der Waals surface area (Å²) in [5.41, 5.74) is 11.7. The van der Waals surface area contributed by atoms with Gasteiger partial charge in [0.05, 0.1) is 5.69 Å². The second-order valence-electron chi connectivity index (χ2n) is 10.5. The minimum absolute atomic E-state index is 0.993. The van der Waals surface area contributed by atoms with Crippen molar-refractivity contribution in [3.05, 3.63) is 145 Å². The van der Waals surface area contributed by atoms with Crippen molar-refractivity contribution in [1.29, 1.82) is 0 Å². The number of hydrogen-bond acceptors (Lipinski definition) is 2. The maximum Gasteiger partial charge on any atom is 0.0702 e. The molecule has 0 aliphatic carbocycles. The van der Waals surface area contributed by atoms with E-state index in [2.05, 4.69) is 139 Å². The molecule has 40 heavy (non-hydrogen) atoms. The van der Waals surface area contributed by atoms with Gasteiger partial charge in [-0.15, -0.1) is 0 Å². The van der Waals surface area contributed by atoms with Crippen LogP contribution in [0.25, 0.3) is 66.2 Å². The smallest absolute Gasteiger partial charge is 0.0702 e. The fourth-order valence-corrected chi connectivity index (χ4v) is 5.74. The predicted octanol–water partition coefficient (Wildman–Crippen LogP) is 10.1. The van der Waals surface area contributed by atoms with Crippen LogP contribution in [0.5, 0.6) is 0 Å². The van der Waals surface area contributed by atoms with Crippen LogP contribution in [0.2, 0.25) is 0 Å². The Balaban J connectivity index is 1.40. The van der Waals surface area contributed by atoms with Crippen LogP contribution in [-0.2, 0) is 0 Å². The lowest BCUT2D eigenvalue weighted by atomic mass is 9.85. The molecule has 2 heteroatoms. The van der Waals surface area contributed by atoms with Gasteiger partial charge in [-0.3, -0.25) is 9.97 Å². The molecular formula is C38H28N2. The highest BCUT2D eigenvalue weighted by molar-refractivity contribution is 6.21. The maximum absolute atomic E-state index is 4.62. The summed E-state index contributed by atoms with van der Waals surface area (Å²) in [6.45, 7) is 4.15. The lowest BCUT2D eigenvalue weighted by Gasteiger charge is -2.18. The zero-order chi connectivity index (χ0) is 27.1. The maximum atomic E-state index is 4.62. The van der Waals surface area contributed by atoms with Gasteiger partial charge in [-0.1, -0.05) is 103 Å². The van der Waals surface area contributed by atoms with Crippen molar-refractivity contribution < 1.29 is 0 Å². The van der Waals surface area contributed by atoms with Crippen LogP contribution < -0.4 is 0 Å². The SMILES string of the molecule is Cc1ccc(-c2ccc(-c3c4ccccc4c(-c4ccc(-c5cncc(C)c5)cc4)c4ccccc34)cc2)nc1. The van der Waals surface area contributed by atoms with Crippen LogP contribution in [0.1, 0.15) is 11.1 Å². The molecule has 190 valence electrons. The number of hydrogen-bond donors (Lipinski definition) is 0. The lowest BCUT2D eigenvalue weighted by Crippen LogP contribution is -1.91. The average molecular weight is 513 g/mol. The third-order valence-corrected chi connectivity index (χ3v) is 7.69. The van der Waals surface area contributed by atoms with E-state index in [1.165, 1.54) is 54.9 Å². The molecule has 0 saturated heterocycles. The second kappa shape index (κ2) is 9.91. The number of rotatable bonds is 4. The molecular weight excluding hydrogens is 484 g/mol.